The number of nitrogens with two attached hydrogens (primary N) is 1. The summed E-state index contributed by atoms with van der Waals surface area (Å²) >= 11 is 1.99. The quantitative estimate of drug-likeness (QED) is 0.598. The number of nitrogens with one attached hydrogen (secondary N) is 1. The minimum absolute atomic E-state index is 0.180. The summed E-state index contributed by atoms with van der Waals surface area (Å²) in [5.41, 5.74) is 4.14. The second-order valence-corrected chi connectivity index (χ2v) is 5.99. The van der Waals surface area contributed by atoms with Gasteiger partial charge in [0.25, 0.3) is 0 Å². The van der Waals surface area contributed by atoms with Crippen molar-refractivity contribution in [1.82, 2.24) is 5.43 Å². The lowest BCUT2D eigenvalue weighted by Crippen LogP contribution is -2.33. The average Bonchev–Trinajstić information content (AvgIpc) is 2.97. The van der Waals surface area contributed by atoms with Crippen molar-refractivity contribution < 1.29 is 9.47 Å². The van der Waals surface area contributed by atoms with Crippen molar-refractivity contribution in [1.29, 1.82) is 0 Å². The van der Waals surface area contributed by atoms with E-state index in [-0.39, 0.29) is 6.04 Å². The number of hydrazine groups is 1. The zero-order valence-electron chi connectivity index (χ0n) is 12.2. The molecule has 0 amide bonds. The molecule has 0 spiro atoms. The van der Waals surface area contributed by atoms with Gasteiger partial charge in [-0.15, -0.1) is 0 Å². The van der Waals surface area contributed by atoms with E-state index >= 15 is 0 Å². The van der Waals surface area contributed by atoms with Gasteiger partial charge in [-0.25, -0.2) is 0 Å². The SMILES string of the molecule is CCOc1ccc(C(NN)C2CCSC2)cc1OCC. The maximum Gasteiger partial charge on any atom is 0.161 e. The highest BCUT2D eigenvalue weighted by molar-refractivity contribution is 7.99. The predicted octanol–water partition coefficient (Wildman–Crippen LogP) is 2.74. The number of hydrogen-bond donors (Lipinski definition) is 2. The second kappa shape index (κ2) is 7.76. The summed E-state index contributed by atoms with van der Waals surface area (Å²) in [4.78, 5) is 0. The third-order valence-electron chi connectivity index (χ3n) is 3.54. The van der Waals surface area contributed by atoms with Gasteiger partial charge in [-0.3, -0.25) is 11.3 Å². The molecule has 2 unspecified atom stereocenters. The van der Waals surface area contributed by atoms with Crippen LogP contribution in [-0.4, -0.2) is 24.7 Å². The zero-order chi connectivity index (χ0) is 14.4. The van der Waals surface area contributed by atoms with E-state index in [0.717, 1.165) is 17.3 Å². The third kappa shape index (κ3) is 3.59. The van der Waals surface area contributed by atoms with Gasteiger partial charge in [-0.2, -0.15) is 11.8 Å². The summed E-state index contributed by atoms with van der Waals surface area (Å²) in [6, 6.07) is 6.30. The van der Waals surface area contributed by atoms with Crippen molar-refractivity contribution in [3.63, 3.8) is 0 Å². The molecule has 1 aromatic carbocycles. The van der Waals surface area contributed by atoms with Crippen LogP contribution in [0.5, 0.6) is 11.5 Å². The smallest absolute Gasteiger partial charge is 0.161 e. The summed E-state index contributed by atoms with van der Waals surface area (Å²) < 4.78 is 11.3. The van der Waals surface area contributed by atoms with Crippen LogP contribution in [0.15, 0.2) is 18.2 Å². The van der Waals surface area contributed by atoms with Crippen LogP contribution in [0, 0.1) is 5.92 Å². The molecule has 4 nitrogen and oxygen atoms in total. The number of ether oxygens (including phenoxy) is 2. The monoisotopic (exact) mass is 296 g/mol. The molecule has 2 atom stereocenters. The Morgan fingerprint density at radius 1 is 1.30 bits per heavy atom. The van der Waals surface area contributed by atoms with Crippen LogP contribution in [0.25, 0.3) is 0 Å². The summed E-state index contributed by atoms with van der Waals surface area (Å²) in [6.45, 7) is 5.22. The lowest BCUT2D eigenvalue weighted by atomic mass is 9.93. The van der Waals surface area contributed by atoms with Crippen LogP contribution in [0.4, 0.5) is 0 Å². The Balaban J connectivity index is 2.23. The van der Waals surface area contributed by atoms with E-state index in [9.17, 15) is 0 Å². The first-order chi connectivity index (χ1) is 9.80. The van der Waals surface area contributed by atoms with Gasteiger partial charge in [0.2, 0.25) is 0 Å². The molecule has 0 aliphatic carbocycles. The van der Waals surface area contributed by atoms with Gasteiger partial charge < -0.3 is 9.47 Å². The van der Waals surface area contributed by atoms with Gasteiger partial charge in [-0.05, 0) is 55.4 Å². The molecule has 1 saturated heterocycles. The van der Waals surface area contributed by atoms with E-state index < -0.39 is 0 Å². The highest BCUT2D eigenvalue weighted by Crippen LogP contribution is 2.37. The van der Waals surface area contributed by atoms with Crippen LogP contribution in [0.2, 0.25) is 0 Å². The number of hydrogen-bond acceptors (Lipinski definition) is 5. The van der Waals surface area contributed by atoms with Gasteiger partial charge in [0, 0.05) is 6.04 Å². The largest absolute Gasteiger partial charge is 0.490 e. The Bertz CT molecular complexity index is 422. The fourth-order valence-electron chi connectivity index (χ4n) is 2.58. The number of rotatable bonds is 7. The third-order valence-corrected chi connectivity index (χ3v) is 4.73. The fourth-order valence-corrected chi connectivity index (χ4v) is 3.88. The van der Waals surface area contributed by atoms with E-state index in [1.54, 1.807) is 0 Å². The van der Waals surface area contributed by atoms with Gasteiger partial charge >= 0.3 is 0 Å². The van der Waals surface area contributed by atoms with E-state index in [4.69, 9.17) is 15.3 Å². The maximum atomic E-state index is 5.77. The lowest BCUT2D eigenvalue weighted by Gasteiger charge is -2.23. The van der Waals surface area contributed by atoms with Crippen LogP contribution in [0.3, 0.4) is 0 Å². The molecule has 0 radical (unpaired) electrons. The molecular weight excluding hydrogens is 272 g/mol. The maximum absolute atomic E-state index is 5.77. The Kier molecular flexibility index (Phi) is 6.01. The Morgan fingerprint density at radius 3 is 2.65 bits per heavy atom. The molecule has 2 rings (SSSR count). The molecule has 1 aliphatic rings. The highest BCUT2D eigenvalue weighted by Gasteiger charge is 2.26. The van der Waals surface area contributed by atoms with Crippen LogP contribution in [-0.2, 0) is 0 Å². The summed E-state index contributed by atoms with van der Waals surface area (Å²) in [6.07, 6.45) is 1.21. The molecule has 1 fully saturated rings. The molecule has 20 heavy (non-hydrogen) atoms. The fraction of sp³-hybridized carbons (Fsp3) is 0.600. The molecule has 1 heterocycles. The minimum Gasteiger partial charge on any atom is -0.490 e. The first kappa shape index (κ1) is 15.5. The molecule has 0 saturated carbocycles. The number of benzene rings is 1. The van der Waals surface area contributed by atoms with Crippen LogP contribution in [0.1, 0.15) is 31.9 Å². The van der Waals surface area contributed by atoms with Crippen LogP contribution < -0.4 is 20.7 Å². The van der Waals surface area contributed by atoms with Gasteiger partial charge in [0.1, 0.15) is 0 Å². The van der Waals surface area contributed by atoms with Crippen molar-refractivity contribution in [3.05, 3.63) is 23.8 Å². The minimum atomic E-state index is 0.180. The molecule has 1 aromatic rings. The van der Waals surface area contributed by atoms with E-state index in [1.165, 1.54) is 17.7 Å². The van der Waals surface area contributed by atoms with Crippen molar-refractivity contribution in [2.75, 3.05) is 24.7 Å². The summed E-state index contributed by atoms with van der Waals surface area (Å²) in [7, 11) is 0. The topological polar surface area (TPSA) is 56.5 Å². The van der Waals surface area contributed by atoms with Crippen molar-refractivity contribution >= 4 is 11.8 Å². The Morgan fingerprint density at radius 2 is 2.05 bits per heavy atom. The van der Waals surface area contributed by atoms with E-state index in [1.807, 2.05) is 31.7 Å². The van der Waals surface area contributed by atoms with Crippen LogP contribution >= 0.6 is 11.8 Å². The second-order valence-electron chi connectivity index (χ2n) is 4.84. The Labute approximate surface area is 125 Å². The molecule has 5 heteroatoms. The van der Waals surface area contributed by atoms with Crippen molar-refractivity contribution in [3.8, 4) is 11.5 Å². The Hall–Kier alpha value is -0.910. The molecule has 0 bridgehead atoms. The standard InChI is InChI=1S/C15H24N2O2S/c1-3-18-13-6-5-11(9-14(13)19-4-2)15(17-16)12-7-8-20-10-12/h5-6,9,12,15,17H,3-4,7-8,10,16H2,1-2H3. The van der Waals surface area contributed by atoms with Gasteiger partial charge in [0.15, 0.2) is 11.5 Å². The molecule has 112 valence electrons. The van der Waals surface area contributed by atoms with Gasteiger partial charge in [-0.1, -0.05) is 6.07 Å². The highest BCUT2D eigenvalue weighted by atomic mass is 32.2. The molecule has 0 aromatic heterocycles. The summed E-state index contributed by atoms with van der Waals surface area (Å²) in [5, 5.41) is 0. The first-order valence-electron chi connectivity index (χ1n) is 7.23. The predicted molar refractivity (Wildman–Crippen MR) is 84.3 cm³/mol. The summed E-state index contributed by atoms with van der Waals surface area (Å²) in [5.74, 6) is 10.3. The molecule has 1 aliphatic heterocycles. The number of thioether (sulfide) groups is 1. The van der Waals surface area contributed by atoms with Crippen molar-refractivity contribution in [2.24, 2.45) is 11.8 Å². The molecule has 3 N–H and O–H groups in total. The van der Waals surface area contributed by atoms with E-state index in [2.05, 4.69) is 17.6 Å². The van der Waals surface area contributed by atoms with E-state index in [0.29, 0.717) is 19.1 Å². The lowest BCUT2D eigenvalue weighted by molar-refractivity contribution is 0.286. The average molecular weight is 296 g/mol. The van der Waals surface area contributed by atoms with Crippen molar-refractivity contribution in [2.45, 2.75) is 26.3 Å². The normalized spacial score (nSPS) is 19.9. The first-order valence-corrected chi connectivity index (χ1v) is 8.39. The zero-order valence-corrected chi connectivity index (χ0v) is 13.0. The van der Waals surface area contributed by atoms with Gasteiger partial charge in [0.05, 0.1) is 13.2 Å². The molecular formula is C15H24N2O2S.